The number of hydrogen-bond acceptors (Lipinski definition) is 1. The summed E-state index contributed by atoms with van der Waals surface area (Å²) in [5.41, 5.74) is 4.81. The average Bonchev–Trinajstić information content (AvgIpc) is 2.75. The lowest BCUT2D eigenvalue weighted by Crippen LogP contribution is -1.83. The molecule has 0 unspecified atom stereocenters. The van der Waals surface area contributed by atoms with Crippen LogP contribution < -0.4 is 0 Å². The fourth-order valence-electron chi connectivity index (χ4n) is 2.59. The normalized spacial score (nSPS) is 10.6. The Kier molecular flexibility index (Phi) is 2.96. The molecule has 0 amide bonds. The van der Waals surface area contributed by atoms with Crippen LogP contribution in [0, 0.1) is 13.8 Å². The highest BCUT2D eigenvalue weighted by Gasteiger charge is 2.17. The minimum atomic E-state index is 0.975. The molecule has 1 aromatic heterocycles. The first-order valence-electron chi connectivity index (χ1n) is 6.48. The first kappa shape index (κ1) is 11.8. The zero-order valence-corrected chi connectivity index (χ0v) is 11.2. The van der Waals surface area contributed by atoms with E-state index in [0.717, 1.165) is 11.5 Å². The fourth-order valence-corrected chi connectivity index (χ4v) is 2.59. The van der Waals surface area contributed by atoms with Crippen LogP contribution in [0.25, 0.3) is 22.3 Å². The monoisotopic (exact) mass is 248 g/mol. The minimum Gasteiger partial charge on any atom is -0.465 e. The van der Waals surface area contributed by atoms with E-state index in [1.807, 2.05) is 26.0 Å². The van der Waals surface area contributed by atoms with Crippen LogP contribution in [0.5, 0.6) is 0 Å². The summed E-state index contributed by atoms with van der Waals surface area (Å²) in [4.78, 5) is 0. The molecule has 0 aliphatic heterocycles. The highest BCUT2D eigenvalue weighted by Crippen LogP contribution is 2.39. The van der Waals surface area contributed by atoms with E-state index in [2.05, 4.69) is 48.5 Å². The summed E-state index contributed by atoms with van der Waals surface area (Å²) >= 11 is 0. The molecule has 0 saturated carbocycles. The number of furan rings is 1. The third-order valence-electron chi connectivity index (χ3n) is 3.39. The van der Waals surface area contributed by atoms with Crippen molar-refractivity contribution in [2.45, 2.75) is 13.8 Å². The van der Waals surface area contributed by atoms with Gasteiger partial charge in [-0.15, -0.1) is 0 Å². The molecule has 0 saturated heterocycles. The lowest BCUT2D eigenvalue weighted by Gasteiger charge is -2.05. The lowest BCUT2D eigenvalue weighted by atomic mass is 9.95. The van der Waals surface area contributed by atoms with Crippen molar-refractivity contribution in [1.29, 1.82) is 0 Å². The first-order valence-corrected chi connectivity index (χ1v) is 6.48. The van der Waals surface area contributed by atoms with Crippen LogP contribution in [0.4, 0.5) is 0 Å². The van der Waals surface area contributed by atoms with E-state index in [1.54, 1.807) is 0 Å². The van der Waals surface area contributed by atoms with Gasteiger partial charge in [0.1, 0.15) is 11.5 Å². The summed E-state index contributed by atoms with van der Waals surface area (Å²) in [5.74, 6) is 1.95. The Morgan fingerprint density at radius 2 is 0.947 bits per heavy atom. The van der Waals surface area contributed by atoms with Gasteiger partial charge < -0.3 is 4.42 Å². The van der Waals surface area contributed by atoms with E-state index in [9.17, 15) is 0 Å². The highest BCUT2D eigenvalue weighted by molar-refractivity contribution is 5.86. The standard InChI is InChI=1S/C18H16O/c1-13-17(15-9-5-3-6-10-15)18(14(2)19-13)16-11-7-4-8-12-16/h3-12H,1-2H3. The highest BCUT2D eigenvalue weighted by atomic mass is 16.3. The van der Waals surface area contributed by atoms with Crippen molar-refractivity contribution in [2.75, 3.05) is 0 Å². The molecule has 0 aliphatic rings. The second kappa shape index (κ2) is 4.77. The van der Waals surface area contributed by atoms with Gasteiger partial charge in [-0.05, 0) is 25.0 Å². The Bertz CT molecular complexity index is 618. The van der Waals surface area contributed by atoms with Gasteiger partial charge in [-0.25, -0.2) is 0 Å². The van der Waals surface area contributed by atoms with E-state index in [4.69, 9.17) is 4.42 Å². The third-order valence-corrected chi connectivity index (χ3v) is 3.39. The summed E-state index contributed by atoms with van der Waals surface area (Å²) in [6.07, 6.45) is 0. The molecule has 0 radical (unpaired) electrons. The topological polar surface area (TPSA) is 13.1 Å². The van der Waals surface area contributed by atoms with Crippen molar-refractivity contribution in [1.82, 2.24) is 0 Å². The first-order chi connectivity index (χ1) is 9.27. The van der Waals surface area contributed by atoms with Crippen molar-refractivity contribution < 1.29 is 4.42 Å². The summed E-state index contributed by atoms with van der Waals surface area (Å²) in [5, 5.41) is 0. The summed E-state index contributed by atoms with van der Waals surface area (Å²) < 4.78 is 5.85. The molecule has 1 heterocycles. The molecule has 0 N–H and O–H groups in total. The number of aryl methyl sites for hydroxylation is 2. The molecule has 94 valence electrons. The van der Waals surface area contributed by atoms with Crippen molar-refractivity contribution in [3.05, 3.63) is 72.2 Å². The average molecular weight is 248 g/mol. The van der Waals surface area contributed by atoms with Gasteiger partial charge in [0.05, 0.1) is 0 Å². The van der Waals surface area contributed by atoms with Crippen molar-refractivity contribution in [3.63, 3.8) is 0 Å². The van der Waals surface area contributed by atoms with Crippen LogP contribution in [0.2, 0.25) is 0 Å². The molecule has 0 spiro atoms. The minimum absolute atomic E-state index is 0.975. The van der Waals surface area contributed by atoms with E-state index >= 15 is 0 Å². The summed E-state index contributed by atoms with van der Waals surface area (Å²) in [6.45, 7) is 4.06. The smallest absolute Gasteiger partial charge is 0.109 e. The summed E-state index contributed by atoms with van der Waals surface area (Å²) in [7, 11) is 0. The molecule has 0 bridgehead atoms. The number of benzene rings is 2. The Morgan fingerprint density at radius 1 is 0.579 bits per heavy atom. The van der Waals surface area contributed by atoms with Crippen LogP contribution in [0.1, 0.15) is 11.5 Å². The molecule has 0 fully saturated rings. The van der Waals surface area contributed by atoms with Gasteiger partial charge in [0.2, 0.25) is 0 Å². The third kappa shape index (κ3) is 2.08. The predicted octanol–water partition coefficient (Wildman–Crippen LogP) is 5.23. The molecule has 3 aromatic rings. The van der Waals surface area contributed by atoms with Crippen LogP contribution in [0.3, 0.4) is 0 Å². The van der Waals surface area contributed by atoms with Crippen LogP contribution in [-0.4, -0.2) is 0 Å². The van der Waals surface area contributed by atoms with Crippen LogP contribution in [-0.2, 0) is 0 Å². The number of hydrogen-bond donors (Lipinski definition) is 0. The fraction of sp³-hybridized carbons (Fsp3) is 0.111. The van der Waals surface area contributed by atoms with E-state index in [0.29, 0.717) is 0 Å². The molecule has 1 nitrogen and oxygen atoms in total. The SMILES string of the molecule is Cc1oc(C)c(-c2ccccc2)c1-c1ccccc1. The van der Waals surface area contributed by atoms with E-state index in [1.165, 1.54) is 22.3 Å². The second-order valence-electron chi connectivity index (χ2n) is 4.70. The van der Waals surface area contributed by atoms with E-state index in [-0.39, 0.29) is 0 Å². The maximum absolute atomic E-state index is 5.85. The number of rotatable bonds is 2. The predicted molar refractivity (Wildman–Crippen MR) is 79.1 cm³/mol. The van der Waals surface area contributed by atoms with Gasteiger partial charge in [0, 0.05) is 11.1 Å². The zero-order chi connectivity index (χ0) is 13.2. The molecule has 2 aromatic carbocycles. The Morgan fingerprint density at radius 3 is 1.32 bits per heavy atom. The molecular formula is C18H16O. The van der Waals surface area contributed by atoms with E-state index < -0.39 is 0 Å². The second-order valence-corrected chi connectivity index (χ2v) is 4.70. The lowest BCUT2D eigenvalue weighted by molar-refractivity contribution is 0.506. The maximum Gasteiger partial charge on any atom is 0.109 e. The van der Waals surface area contributed by atoms with Crippen molar-refractivity contribution in [3.8, 4) is 22.3 Å². The Hall–Kier alpha value is -2.28. The van der Waals surface area contributed by atoms with Gasteiger partial charge in [0.25, 0.3) is 0 Å². The Labute approximate surface area is 113 Å². The van der Waals surface area contributed by atoms with Gasteiger partial charge in [-0.2, -0.15) is 0 Å². The van der Waals surface area contributed by atoms with Gasteiger partial charge in [0.15, 0.2) is 0 Å². The van der Waals surface area contributed by atoms with Crippen LogP contribution >= 0.6 is 0 Å². The zero-order valence-electron chi connectivity index (χ0n) is 11.2. The summed E-state index contributed by atoms with van der Waals surface area (Å²) in [6, 6.07) is 20.8. The van der Waals surface area contributed by atoms with Gasteiger partial charge >= 0.3 is 0 Å². The molecule has 0 aliphatic carbocycles. The van der Waals surface area contributed by atoms with Crippen molar-refractivity contribution in [2.24, 2.45) is 0 Å². The maximum atomic E-state index is 5.85. The molecule has 19 heavy (non-hydrogen) atoms. The quantitative estimate of drug-likeness (QED) is 0.605. The van der Waals surface area contributed by atoms with Crippen LogP contribution in [0.15, 0.2) is 65.1 Å². The largest absolute Gasteiger partial charge is 0.465 e. The molecule has 3 rings (SSSR count). The van der Waals surface area contributed by atoms with Crippen molar-refractivity contribution >= 4 is 0 Å². The molecular weight excluding hydrogens is 232 g/mol. The van der Waals surface area contributed by atoms with Gasteiger partial charge in [-0.1, -0.05) is 60.7 Å². The van der Waals surface area contributed by atoms with Gasteiger partial charge in [-0.3, -0.25) is 0 Å². The molecule has 1 heteroatoms. The Balaban J connectivity index is 2.26. The molecule has 0 atom stereocenters.